The second kappa shape index (κ2) is 19.1. The Morgan fingerprint density at radius 3 is 1.11 bits per heavy atom. The largest absolute Gasteiger partial charge is 0.399 e. The van der Waals surface area contributed by atoms with Gasteiger partial charge in [0.05, 0.1) is 0 Å². The Hall–Kier alpha value is -3.52. The fourth-order valence-corrected chi connectivity index (χ4v) is 6.51. The van der Waals surface area contributed by atoms with Crippen molar-refractivity contribution in [1.29, 1.82) is 0 Å². The summed E-state index contributed by atoms with van der Waals surface area (Å²) in [4.78, 5) is 0. The Morgan fingerprint density at radius 2 is 0.711 bits per heavy atom. The molecule has 0 fully saturated rings. The van der Waals surface area contributed by atoms with E-state index in [2.05, 4.69) is 98.8 Å². The van der Waals surface area contributed by atoms with Crippen LogP contribution in [0.25, 0.3) is 0 Å². The van der Waals surface area contributed by atoms with Crippen molar-refractivity contribution in [2.45, 2.75) is 123 Å². The first-order chi connectivity index (χ1) is 22.0. The number of benzene rings is 4. The van der Waals surface area contributed by atoms with Crippen LogP contribution in [0.5, 0.6) is 0 Å². The van der Waals surface area contributed by atoms with E-state index in [0.29, 0.717) is 0 Å². The van der Waals surface area contributed by atoms with E-state index in [1.165, 1.54) is 115 Å². The summed E-state index contributed by atoms with van der Waals surface area (Å²) < 4.78 is 0. The van der Waals surface area contributed by atoms with Gasteiger partial charge in [0.1, 0.15) is 0 Å². The van der Waals surface area contributed by atoms with Crippen molar-refractivity contribution in [3.05, 3.63) is 129 Å². The van der Waals surface area contributed by atoms with Crippen molar-refractivity contribution in [2.24, 2.45) is 0 Å². The smallest absolute Gasteiger partial charge is 0.0316 e. The topological polar surface area (TPSA) is 52.0 Å². The number of unbranched alkanes of at least 4 members (excludes halogenated alkanes) is 8. The van der Waals surface area contributed by atoms with E-state index in [-0.39, 0.29) is 0 Å². The zero-order chi connectivity index (χ0) is 31.7. The highest BCUT2D eigenvalue weighted by Crippen LogP contribution is 2.23. The monoisotopic (exact) mass is 602 g/mol. The summed E-state index contributed by atoms with van der Waals surface area (Å²) in [5.74, 6) is 0. The number of nitrogen functional groups attached to an aromatic ring is 2. The van der Waals surface area contributed by atoms with E-state index in [0.717, 1.165) is 49.9 Å². The minimum Gasteiger partial charge on any atom is -0.399 e. The summed E-state index contributed by atoms with van der Waals surface area (Å²) in [6.07, 6.45) is 20.6. The summed E-state index contributed by atoms with van der Waals surface area (Å²) >= 11 is 0. The summed E-state index contributed by atoms with van der Waals surface area (Å²) in [7, 11) is 0. The predicted molar refractivity (Wildman–Crippen MR) is 197 cm³/mol. The van der Waals surface area contributed by atoms with Crippen molar-refractivity contribution < 1.29 is 0 Å². The summed E-state index contributed by atoms with van der Waals surface area (Å²) in [6, 6.07) is 31.6. The average molecular weight is 603 g/mol. The maximum atomic E-state index is 6.13. The number of hydrogen-bond acceptors (Lipinski definition) is 2. The molecule has 0 saturated carbocycles. The first-order valence-corrected chi connectivity index (χ1v) is 17.9. The molecule has 45 heavy (non-hydrogen) atoms. The van der Waals surface area contributed by atoms with Gasteiger partial charge in [0, 0.05) is 11.4 Å². The highest BCUT2D eigenvalue weighted by molar-refractivity contribution is 5.47. The van der Waals surface area contributed by atoms with Gasteiger partial charge in [-0.2, -0.15) is 0 Å². The molecule has 4 N–H and O–H groups in total. The van der Waals surface area contributed by atoms with Crippen LogP contribution in [-0.4, -0.2) is 0 Å². The molecule has 0 spiro atoms. The van der Waals surface area contributed by atoms with Gasteiger partial charge in [0.25, 0.3) is 0 Å². The van der Waals surface area contributed by atoms with Gasteiger partial charge in [0.15, 0.2) is 0 Å². The quantitative estimate of drug-likeness (QED) is 0.0781. The minimum atomic E-state index is 0.882. The van der Waals surface area contributed by atoms with E-state index >= 15 is 0 Å². The molecular weight excluding hydrogens is 544 g/mol. The Balaban J connectivity index is 1.18. The van der Waals surface area contributed by atoms with Crippen molar-refractivity contribution in [1.82, 2.24) is 0 Å². The van der Waals surface area contributed by atoms with E-state index in [1.54, 1.807) is 0 Å². The van der Waals surface area contributed by atoms with E-state index in [1.807, 2.05) is 0 Å². The molecule has 0 atom stereocenters. The van der Waals surface area contributed by atoms with Crippen LogP contribution in [0.1, 0.15) is 129 Å². The normalized spacial score (nSPS) is 11.2. The van der Waals surface area contributed by atoms with Gasteiger partial charge in [-0.3, -0.25) is 0 Å². The molecule has 240 valence electrons. The van der Waals surface area contributed by atoms with Gasteiger partial charge in [-0.25, -0.2) is 0 Å². The molecule has 4 aromatic rings. The molecule has 0 aliphatic rings. The van der Waals surface area contributed by atoms with Crippen LogP contribution in [-0.2, 0) is 38.5 Å². The Morgan fingerprint density at radius 1 is 0.356 bits per heavy atom. The van der Waals surface area contributed by atoms with Gasteiger partial charge in [-0.05, 0) is 133 Å². The van der Waals surface area contributed by atoms with E-state index in [4.69, 9.17) is 11.5 Å². The van der Waals surface area contributed by atoms with Crippen LogP contribution >= 0.6 is 0 Å². The Kier molecular flexibility index (Phi) is 14.6. The van der Waals surface area contributed by atoms with Crippen LogP contribution in [0.3, 0.4) is 0 Å². The van der Waals surface area contributed by atoms with Gasteiger partial charge >= 0.3 is 0 Å². The van der Waals surface area contributed by atoms with Crippen LogP contribution in [0.15, 0.2) is 84.9 Å². The molecule has 0 amide bonds. The number of aryl methyl sites for hydroxylation is 4. The molecule has 0 saturated heterocycles. The summed E-state index contributed by atoms with van der Waals surface area (Å²) in [5, 5.41) is 0. The lowest BCUT2D eigenvalue weighted by atomic mass is 9.94. The average Bonchev–Trinajstić information content (AvgIpc) is 3.05. The number of rotatable bonds is 20. The zero-order valence-electron chi connectivity index (χ0n) is 28.3. The molecule has 0 bridgehead atoms. The SMILES string of the molecule is CCCCCCc1cc(N)ccc1Cc1ccc(CCCCCc2ccc(Cc3ccc(N)cc3CCCCCC)cc2)cc1. The fourth-order valence-electron chi connectivity index (χ4n) is 6.51. The van der Waals surface area contributed by atoms with Gasteiger partial charge < -0.3 is 11.5 Å². The van der Waals surface area contributed by atoms with Gasteiger partial charge in [-0.15, -0.1) is 0 Å². The Bertz CT molecular complexity index is 1290. The lowest BCUT2D eigenvalue weighted by Gasteiger charge is -2.12. The molecule has 2 nitrogen and oxygen atoms in total. The maximum absolute atomic E-state index is 6.13. The van der Waals surface area contributed by atoms with Crippen molar-refractivity contribution in [3.8, 4) is 0 Å². The second-order valence-electron chi connectivity index (χ2n) is 13.2. The molecule has 0 radical (unpaired) electrons. The van der Waals surface area contributed by atoms with Crippen LogP contribution in [0.2, 0.25) is 0 Å². The third-order valence-corrected chi connectivity index (χ3v) is 9.33. The second-order valence-corrected chi connectivity index (χ2v) is 13.2. The molecule has 0 unspecified atom stereocenters. The van der Waals surface area contributed by atoms with Crippen LogP contribution in [0, 0.1) is 0 Å². The van der Waals surface area contributed by atoms with Crippen LogP contribution in [0.4, 0.5) is 11.4 Å². The lowest BCUT2D eigenvalue weighted by Crippen LogP contribution is -1.99. The minimum absolute atomic E-state index is 0.882. The number of hydrogen-bond donors (Lipinski definition) is 2. The van der Waals surface area contributed by atoms with Crippen molar-refractivity contribution in [2.75, 3.05) is 11.5 Å². The molecule has 4 aromatic carbocycles. The molecular formula is C43H58N2. The molecule has 4 rings (SSSR count). The van der Waals surface area contributed by atoms with Crippen molar-refractivity contribution in [3.63, 3.8) is 0 Å². The molecule has 0 heterocycles. The standard InChI is InChI=1S/C43H58N2/c1-3-5-7-12-16-38-32-42(44)28-26-40(38)30-36-22-18-34(19-23-36)14-10-9-11-15-35-20-24-37(25-21-35)31-41-27-29-43(45)33-39(41)17-13-8-6-4-2/h18-29,32-33H,3-17,30-31,44-45H2,1-2H3. The third kappa shape index (κ3) is 12.1. The highest BCUT2D eigenvalue weighted by Gasteiger charge is 2.07. The summed E-state index contributed by atoms with van der Waals surface area (Å²) in [5.41, 5.74) is 25.4. The van der Waals surface area contributed by atoms with Gasteiger partial charge in [0.2, 0.25) is 0 Å². The van der Waals surface area contributed by atoms with Crippen LogP contribution < -0.4 is 11.5 Å². The first kappa shape index (κ1) is 34.4. The Labute approximate surface area is 274 Å². The highest BCUT2D eigenvalue weighted by atomic mass is 14.5. The van der Waals surface area contributed by atoms with Gasteiger partial charge in [-0.1, -0.05) is 119 Å². The zero-order valence-corrected chi connectivity index (χ0v) is 28.3. The first-order valence-electron chi connectivity index (χ1n) is 17.9. The third-order valence-electron chi connectivity index (χ3n) is 9.33. The molecule has 2 heteroatoms. The fraction of sp³-hybridized carbons (Fsp3) is 0.442. The van der Waals surface area contributed by atoms with Crippen molar-refractivity contribution >= 4 is 11.4 Å². The molecule has 0 aliphatic carbocycles. The predicted octanol–water partition coefficient (Wildman–Crippen LogP) is 11.2. The maximum Gasteiger partial charge on any atom is 0.0316 e. The number of nitrogens with two attached hydrogens (primary N) is 2. The van der Waals surface area contributed by atoms with E-state index in [9.17, 15) is 0 Å². The lowest BCUT2D eigenvalue weighted by molar-refractivity contribution is 0.665. The van der Waals surface area contributed by atoms with E-state index < -0.39 is 0 Å². The summed E-state index contributed by atoms with van der Waals surface area (Å²) in [6.45, 7) is 4.54. The molecule has 0 aromatic heterocycles. The number of anilines is 2. The molecule has 0 aliphatic heterocycles.